The number of carbonyl (C=O) groups is 3. The van der Waals surface area contributed by atoms with Gasteiger partial charge < -0.3 is 24.8 Å². The molecule has 2 aromatic rings. The highest BCUT2D eigenvalue weighted by atomic mass is 16.7. The van der Waals surface area contributed by atoms with Gasteiger partial charge in [0.1, 0.15) is 6.04 Å². The Kier molecular flexibility index (Phi) is 4.60. The number of amides is 2. The molecule has 144 valence electrons. The molecule has 2 aliphatic rings. The van der Waals surface area contributed by atoms with Gasteiger partial charge in [-0.25, -0.2) is 4.79 Å². The predicted octanol–water partition coefficient (Wildman–Crippen LogP) is 2.36. The van der Waals surface area contributed by atoms with Crippen LogP contribution in [0.1, 0.15) is 33.6 Å². The topological polar surface area (TPSA) is 105 Å². The van der Waals surface area contributed by atoms with Gasteiger partial charge in [0.05, 0.1) is 5.56 Å². The molecule has 2 aromatic carbocycles. The summed E-state index contributed by atoms with van der Waals surface area (Å²) in [6, 6.07) is 10.3. The van der Waals surface area contributed by atoms with Crippen molar-refractivity contribution in [2.75, 3.05) is 18.7 Å². The second-order valence-electron chi connectivity index (χ2n) is 6.60. The molecule has 28 heavy (non-hydrogen) atoms. The van der Waals surface area contributed by atoms with Crippen LogP contribution in [-0.4, -0.2) is 47.2 Å². The van der Waals surface area contributed by atoms with Gasteiger partial charge in [0.2, 0.25) is 12.7 Å². The second kappa shape index (κ2) is 7.22. The summed E-state index contributed by atoms with van der Waals surface area (Å²) in [4.78, 5) is 38.3. The van der Waals surface area contributed by atoms with Crippen LogP contribution in [0.4, 0.5) is 5.69 Å². The van der Waals surface area contributed by atoms with Crippen LogP contribution in [0.2, 0.25) is 0 Å². The van der Waals surface area contributed by atoms with Crippen LogP contribution in [0.15, 0.2) is 42.5 Å². The third-order valence-corrected chi connectivity index (χ3v) is 4.81. The summed E-state index contributed by atoms with van der Waals surface area (Å²) in [6.07, 6.45) is 1.25. The fraction of sp³-hybridized carbons (Fsp3) is 0.250. The van der Waals surface area contributed by atoms with E-state index >= 15 is 0 Å². The van der Waals surface area contributed by atoms with Crippen LogP contribution < -0.4 is 14.8 Å². The van der Waals surface area contributed by atoms with E-state index in [1.807, 2.05) is 0 Å². The van der Waals surface area contributed by atoms with Gasteiger partial charge >= 0.3 is 5.97 Å². The third-order valence-electron chi connectivity index (χ3n) is 4.81. The van der Waals surface area contributed by atoms with Crippen molar-refractivity contribution in [1.29, 1.82) is 0 Å². The molecule has 0 spiro atoms. The van der Waals surface area contributed by atoms with Gasteiger partial charge in [0.25, 0.3) is 5.91 Å². The Labute approximate surface area is 160 Å². The molecule has 2 aliphatic heterocycles. The molecule has 8 nitrogen and oxygen atoms in total. The number of nitrogens with zero attached hydrogens (tertiary/aromatic N) is 1. The summed E-state index contributed by atoms with van der Waals surface area (Å²) >= 11 is 0. The summed E-state index contributed by atoms with van der Waals surface area (Å²) in [5.41, 5.74) is 0.890. The van der Waals surface area contributed by atoms with Crippen LogP contribution in [0.3, 0.4) is 0 Å². The number of rotatable bonds is 4. The minimum Gasteiger partial charge on any atom is -0.478 e. The van der Waals surface area contributed by atoms with E-state index < -0.39 is 12.0 Å². The van der Waals surface area contributed by atoms with Gasteiger partial charge in [0, 0.05) is 17.8 Å². The first kappa shape index (κ1) is 17.8. The Hall–Kier alpha value is -3.55. The number of ether oxygens (including phenoxy) is 2. The highest BCUT2D eigenvalue weighted by molar-refractivity contribution is 6.02. The molecule has 2 heterocycles. The minimum absolute atomic E-state index is 0.0810. The molecule has 2 N–H and O–H groups in total. The van der Waals surface area contributed by atoms with Crippen molar-refractivity contribution in [3.05, 3.63) is 53.6 Å². The molecule has 0 aromatic heterocycles. The van der Waals surface area contributed by atoms with E-state index in [4.69, 9.17) is 14.6 Å². The summed E-state index contributed by atoms with van der Waals surface area (Å²) in [5.74, 6) is -0.567. The lowest BCUT2D eigenvalue weighted by molar-refractivity contribution is -0.119. The molecule has 1 atom stereocenters. The second-order valence-corrected chi connectivity index (χ2v) is 6.60. The molecular weight excluding hydrogens is 364 g/mol. The normalized spacial score (nSPS) is 17.4. The fourth-order valence-electron chi connectivity index (χ4n) is 3.43. The molecule has 0 saturated carbocycles. The van der Waals surface area contributed by atoms with E-state index in [-0.39, 0.29) is 24.2 Å². The van der Waals surface area contributed by atoms with Crippen molar-refractivity contribution in [2.24, 2.45) is 0 Å². The Morgan fingerprint density at radius 3 is 2.68 bits per heavy atom. The maximum atomic E-state index is 12.9. The molecule has 1 saturated heterocycles. The number of hydrogen-bond donors (Lipinski definition) is 2. The van der Waals surface area contributed by atoms with Crippen LogP contribution >= 0.6 is 0 Å². The number of carboxylic acids is 1. The standard InChI is InChI=1S/C20H18N2O6/c23-18(21-14-4-1-3-13(9-14)20(25)26)15-5-2-8-22(15)19(24)12-6-7-16-17(10-12)28-11-27-16/h1,3-4,6-7,9-10,15H,2,5,8,11H2,(H,21,23)(H,25,26). The van der Waals surface area contributed by atoms with E-state index in [0.29, 0.717) is 42.1 Å². The first-order valence-electron chi connectivity index (χ1n) is 8.88. The quantitative estimate of drug-likeness (QED) is 0.841. The number of carboxylic acid groups (broad SMARTS) is 1. The smallest absolute Gasteiger partial charge is 0.335 e. The number of benzene rings is 2. The van der Waals surface area contributed by atoms with E-state index in [1.165, 1.54) is 17.0 Å². The highest BCUT2D eigenvalue weighted by Crippen LogP contribution is 2.33. The summed E-state index contributed by atoms with van der Waals surface area (Å²) < 4.78 is 10.6. The van der Waals surface area contributed by atoms with Crippen molar-refractivity contribution in [1.82, 2.24) is 4.90 Å². The van der Waals surface area contributed by atoms with Crippen molar-refractivity contribution in [3.63, 3.8) is 0 Å². The van der Waals surface area contributed by atoms with Gasteiger partial charge in [-0.1, -0.05) is 6.07 Å². The number of fused-ring (bicyclic) bond motifs is 1. The monoisotopic (exact) mass is 382 g/mol. The van der Waals surface area contributed by atoms with Crippen molar-refractivity contribution < 1.29 is 29.0 Å². The lowest BCUT2D eigenvalue weighted by Crippen LogP contribution is -2.43. The van der Waals surface area contributed by atoms with Gasteiger partial charge in [0.15, 0.2) is 11.5 Å². The van der Waals surface area contributed by atoms with E-state index in [1.54, 1.807) is 30.3 Å². The molecule has 0 radical (unpaired) electrons. The van der Waals surface area contributed by atoms with Gasteiger partial charge in [-0.15, -0.1) is 0 Å². The van der Waals surface area contributed by atoms with Crippen LogP contribution in [0.5, 0.6) is 11.5 Å². The van der Waals surface area contributed by atoms with Crippen molar-refractivity contribution in [3.8, 4) is 11.5 Å². The molecule has 8 heteroatoms. The average molecular weight is 382 g/mol. The lowest BCUT2D eigenvalue weighted by Gasteiger charge is -2.24. The number of carbonyl (C=O) groups excluding carboxylic acids is 2. The third kappa shape index (κ3) is 3.36. The van der Waals surface area contributed by atoms with Crippen LogP contribution in [0, 0.1) is 0 Å². The maximum Gasteiger partial charge on any atom is 0.335 e. The predicted molar refractivity (Wildman–Crippen MR) is 98.7 cm³/mol. The zero-order valence-corrected chi connectivity index (χ0v) is 14.9. The molecule has 1 fully saturated rings. The largest absolute Gasteiger partial charge is 0.478 e. The highest BCUT2D eigenvalue weighted by Gasteiger charge is 2.35. The summed E-state index contributed by atoms with van der Waals surface area (Å²) in [7, 11) is 0. The van der Waals surface area contributed by atoms with Crippen LogP contribution in [-0.2, 0) is 4.79 Å². The van der Waals surface area contributed by atoms with Gasteiger partial charge in [-0.3, -0.25) is 9.59 Å². The fourth-order valence-corrected chi connectivity index (χ4v) is 3.43. The SMILES string of the molecule is O=C(O)c1cccc(NC(=O)C2CCCN2C(=O)c2ccc3c(c2)OCO3)c1. The van der Waals surface area contributed by atoms with E-state index in [2.05, 4.69) is 5.32 Å². The minimum atomic E-state index is -1.07. The molecule has 1 unspecified atom stereocenters. The number of anilines is 1. The average Bonchev–Trinajstić information content (AvgIpc) is 3.36. The summed E-state index contributed by atoms with van der Waals surface area (Å²) in [5, 5.41) is 11.8. The zero-order valence-electron chi connectivity index (χ0n) is 14.9. The van der Waals surface area contributed by atoms with E-state index in [0.717, 1.165) is 0 Å². The maximum absolute atomic E-state index is 12.9. The lowest BCUT2D eigenvalue weighted by atomic mass is 10.1. The van der Waals surface area contributed by atoms with Crippen molar-refractivity contribution >= 4 is 23.5 Å². The Bertz CT molecular complexity index is 957. The number of likely N-dealkylation sites (tertiary alicyclic amines) is 1. The van der Waals surface area contributed by atoms with E-state index in [9.17, 15) is 14.4 Å². The molecule has 4 rings (SSSR count). The van der Waals surface area contributed by atoms with Gasteiger partial charge in [-0.05, 0) is 49.2 Å². The molecule has 2 amide bonds. The first-order valence-corrected chi connectivity index (χ1v) is 8.88. The molecule has 0 aliphatic carbocycles. The van der Waals surface area contributed by atoms with Crippen molar-refractivity contribution in [2.45, 2.75) is 18.9 Å². The number of nitrogens with one attached hydrogen (secondary N) is 1. The number of aromatic carboxylic acids is 1. The summed E-state index contributed by atoms with van der Waals surface area (Å²) in [6.45, 7) is 0.595. The first-order chi connectivity index (χ1) is 13.5. The Balaban J connectivity index is 1.50. The van der Waals surface area contributed by atoms with Crippen LogP contribution in [0.25, 0.3) is 0 Å². The molecule has 0 bridgehead atoms. The Morgan fingerprint density at radius 2 is 1.86 bits per heavy atom. The number of hydrogen-bond acceptors (Lipinski definition) is 5. The molecular formula is C20H18N2O6. The van der Waals surface area contributed by atoms with Gasteiger partial charge in [-0.2, -0.15) is 0 Å². The Morgan fingerprint density at radius 1 is 1.04 bits per heavy atom. The zero-order chi connectivity index (χ0) is 19.7.